The van der Waals surface area contributed by atoms with E-state index in [4.69, 9.17) is 0 Å². The number of nitrogens with one attached hydrogen (secondary N) is 1. The first-order valence-corrected chi connectivity index (χ1v) is 10.0. The largest absolute Gasteiger partial charge is 0.393 e. The Morgan fingerprint density at radius 3 is 2.86 bits per heavy atom. The van der Waals surface area contributed by atoms with Gasteiger partial charge >= 0.3 is 0 Å². The van der Waals surface area contributed by atoms with Crippen molar-refractivity contribution in [2.24, 2.45) is 0 Å². The molecule has 0 spiro atoms. The highest BCUT2D eigenvalue weighted by Crippen LogP contribution is 2.29. The van der Waals surface area contributed by atoms with Gasteiger partial charge in [-0.3, -0.25) is 4.79 Å². The van der Waals surface area contributed by atoms with Gasteiger partial charge in [0, 0.05) is 30.5 Å². The molecule has 2 N–H and O–H groups in total. The van der Waals surface area contributed by atoms with Gasteiger partial charge in [0.15, 0.2) is 0 Å². The average Bonchev–Trinajstić information content (AvgIpc) is 3.11. The number of aryl methyl sites for hydroxylation is 1. The van der Waals surface area contributed by atoms with Crippen LogP contribution in [0.4, 0.5) is 16.5 Å². The number of anilines is 3. The van der Waals surface area contributed by atoms with Crippen molar-refractivity contribution in [2.75, 3.05) is 23.3 Å². The Bertz CT molecular complexity index is 1110. The van der Waals surface area contributed by atoms with Gasteiger partial charge in [-0.1, -0.05) is 18.3 Å². The number of hydrogen-bond acceptors (Lipinski definition) is 8. The van der Waals surface area contributed by atoms with Crippen molar-refractivity contribution in [2.45, 2.75) is 32.3 Å². The van der Waals surface area contributed by atoms with E-state index < -0.39 is 0 Å². The van der Waals surface area contributed by atoms with E-state index in [1.165, 1.54) is 21.9 Å². The van der Waals surface area contributed by atoms with Crippen molar-refractivity contribution < 1.29 is 5.11 Å². The average molecular weight is 396 g/mol. The van der Waals surface area contributed by atoms with Gasteiger partial charge in [-0.2, -0.15) is 9.78 Å². The molecule has 2 aromatic heterocycles. The molecular weight excluding hydrogens is 376 g/mol. The van der Waals surface area contributed by atoms with E-state index in [9.17, 15) is 15.2 Å². The van der Waals surface area contributed by atoms with Crippen LogP contribution in [0.1, 0.15) is 31.0 Å². The standard InChI is InChI=1S/C19H20N6O2S/c1-2-13-10-17(27)25-19(22-13)28-18(23-25)21-14-3-4-16(12(9-14)11-20)24-7-5-15(26)6-8-24/h3-4,9-10,15,26H,2,5-8H2,1H3,(H,21,23). The molecule has 3 aromatic rings. The van der Waals surface area contributed by atoms with E-state index in [-0.39, 0.29) is 11.7 Å². The van der Waals surface area contributed by atoms with Gasteiger partial charge < -0.3 is 15.3 Å². The molecular formula is C19H20N6O2S. The van der Waals surface area contributed by atoms with E-state index in [1.807, 2.05) is 19.1 Å². The number of fused-ring (bicyclic) bond motifs is 1. The number of aliphatic hydroxyl groups excluding tert-OH is 1. The molecule has 9 heteroatoms. The normalized spacial score (nSPS) is 15.0. The third-order valence-corrected chi connectivity index (χ3v) is 5.66. The fraction of sp³-hybridized carbons (Fsp3) is 0.368. The van der Waals surface area contributed by atoms with Gasteiger partial charge in [0.1, 0.15) is 6.07 Å². The Morgan fingerprint density at radius 2 is 2.14 bits per heavy atom. The Kier molecular flexibility index (Phi) is 4.98. The first-order valence-electron chi connectivity index (χ1n) is 9.21. The summed E-state index contributed by atoms with van der Waals surface area (Å²) in [5.74, 6) is 0. The van der Waals surface area contributed by atoms with Crippen LogP contribution in [0.15, 0.2) is 29.1 Å². The molecule has 0 amide bonds. The first-order chi connectivity index (χ1) is 13.6. The lowest BCUT2D eigenvalue weighted by Crippen LogP contribution is -2.36. The summed E-state index contributed by atoms with van der Waals surface area (Å²) >= 11 is 1.29. The topological polar surface area (TPSA) is 107 Å². The van der Waals surface area contributed by atoms with Gasteiger partial charge in [-0.15, -0.1) is 5.10 Å². The number of nitriles is 1. The van der Waals surface area contributed by atoms with E-state index in [0.29, 0.717) is 34.9 Å². The summed E-state index contributed by atoms with van der Waals surface area (Å²) in [6.07, 6.45) is 1.84. The molecule has 0 atom stereocenters. The van der Waals surface area contributed by atoms with Crippen molar-refractivity contribution in [1.29, 1.82) is 5.26 Å². The smallest absolute Gasteiger partial charge is 0.275 e. The first kappa shape index (κ1) is 18.4. The summed E-state index contributed by atoms with van der Waals surface area (Å²) in [6, 6.07) is 9.32. The minimum absolute atomic E-state index is 0.202. The highest BCUT2D eigenvalue weighted by Gasteiger charge is 2.20. The number of benzene rings is 1. The molecule has 1 saturated heterocycles. The maximum atomic E-state index is 12.1. The molecule has 0 radical (unpaired) electrons. The van der Waals surface area contributed by atoms with Crippen LogP contribution in [-0.2, 0) is 6.42 Å². The number of rotatable bonds is 4. The molecule has 144 valence electrons. The number of aliphatic hydroxyl groups is 1. The molecule has 0 aliphatic carbocycles. The monoisotopic (exact) mass is 396 g/mol. The highest BCUT2D eigenvalue weighted by atomic mass is 32.1. The van der Waals surface area contributed by atoms with Crippen molar-refractivity contribution in [3.63, 3.8) is 0 Å². The Hall–Kier alpha value is -2.96. The molecule has 1 aromatic carbocycles. The van der Waals surface area contributed by atoms with Crippen LogP contribution in [0, 0.1) is 11.3 Å². The summed E-state index contributed by atoms with van der Waals surface area (Å²) in [4.78, 5) is 19.2. The molecule has 1 fully saturated rings. The van der Waals surface area contributed by atoms with E-state index >= 15 is 0 Å². The van der Waals surface area contributed by atoms with Crippen molar-refractivity contribution in [1.82, 2.24) is 14.6 Å². The molecule has 3 heterocycles. The van der Waals surface area contributed by atoms with Crippen LogP contribution in [0.5, 0.6) is 0 Å². The third kappa shape index (κ3) is 3.56. The zero-order valence-corrected chi connectivity index (χ0v) is 16.2. The van der Waals surface area contributed by atoms with Gasteiger partial charge in [0.05, 0.1) is 17.4 Å². The van der Waals surface area contributed by atoms with Crippen molar-refractivity contribution in [3.8, 4) is 6.07 Å². The molecule has 1 aliphatic heterocycles. The predicted octanol–water partition coefficient (Wildman–Crippen LogP) is 2.29. The maximum absolute atomic E-state index is 12.1. The van der Waals surface area contributed by atoms with Crippen LogP contribution < -0.4 is 15.8 Å². The fourth-order valence-electron chi connectivity index (χ4n) is 3.30. The molecule has 0 saturated carbocycles. The molecule has 1 aliphatic rings. The van der Waals surface area contributed by atoms with Gasteiger partial charge in [-0.05, 0) is 37.5 Å². The molecule has 4 rings (SSSR count). The Morgan fingerprint density at radius 1 is 1.36 bits per heavy atom. The number of piperidine rings is 1. The van der Waals surface area contributed by atoms with Crippen molar-refractivity contribution >= 4 is 32.8 Å². The molecule has 8 nitrogen and oxygen atoms in total. The van der Waals surface area contributed by atoms with E-state index in [2.05, 4.69) is 26.4 Å². The molecule has 28 heavy (non-hydrogen) atoms. The Balaban J connectivity index is 1.60. The summed E-state index contributed by atoms with van der Waals surface area (Å²) < 4.78 is 1.28. The quantitative estimate of drug-likeness (QED) is 0.697. The summed E-state index contributed by atoms with van der Waals surface area (Å²) in [6.45, 7) is 3.41. The lowest BCUT2D eigenvalue weighted by atomic mass is 10.1. The van der Waals surface area contributed by atoms with Crippen LogP contribution in [0.3, 0.4) is 0 Å². The second-order valence-electron chi connectivity index (χ2n) is 6.73. The van der Waals surface area contributed by atoms with Crippen molar-refractivity contribution in [3.05, 3.63) is 45.9 Å². The second-order valence-corrected chi connectivity index (χ2v) is 7.68. The predicted molar refractivity (Wildman–Crippen MR) is 108 cm³/mol. The summed E-state index contributed by atoms with van der Waals surface area (Å²) in [7, 11) is 0. The number of hydrogen-bond donors (Lipinski definition) is 2. The zero-order valence-electron chi connectivity index (χ0n) is 15.4. The van der Waals surface area contributed by atoms with E-state index in [0.717, 1.165) is 30.2 Å². The lowest BCUT2D eigenvalue weighted by molar-refractivity contribution is 0.145. The van der Waals surface area contributed by atoms with Crippen LogP contribution in [-0.4, -0.2) is 38.9 Å². The third-order valence-electron chi connectivity index (χ3n) is 4.83. The SMILES string of the molecule is CCc1cc(=O)n2nc(Nc3ccc(N4CCC(O)CC4)c(C#N)c3)sc2n1. The van der Waals surface area contributed by atoms with Gasteiger partial charge in [0.25, 0.3) is 5.56 Å². The van der Waals surface area contributed by atoms with Gasteiger partial charge in [-0.25, -0.2) is 4.98 Å². The van der Waals surface area contributed by atoms with Gasteiger partial charge in [0.2, 0.25) is 10.1 Å². The maximum Gasteiger partial charge on any atom is 0.275 e. The molecule has 0 unspecified atom stereocenters. The minimum atomic E-state index is -0.257. The minimum Gasteiger partial charge on any atom is -0.393 e. The van der Waals surface area contributed by atoms with Crippen LogP contribution >= 0.6 is 11.3 Å². The fourth-order valence-corrected chi connectivity index (χ4v) is 4.14. The molecule has 0 bridgehead atoms. The number of aromatic nitrogens is 3. The Labute approximate surface area is 165 Å². The highest BCUT2D eigenvalue weighted by molar-refractivity contribution is 7.20. The lowest BCUT2D eigenvalue weighted by Gasteiger charge is -2.32. The van der Waals surface area contributed by atoms with E-state index in [1.54, 1.807) is 6.07 Å². The zero-order chi connectivity index (χ0) is 19.7. The summed E-state index contributed by atoms with van der Waals surface area (Å²) in [5, 5.41) is 27.3. The number of nitrogens with zero attached hydrogens (tertiary/aromatic N) is 5. The second kappa shape index (κ2) is 7.58. The van der Waals surface area contributed by atoms with Crippen LogP contribution in [0.25, 0.3) is 4.96 Å². The van der Waals surface area contributed by atoms with Crippen LogP contribution in [0.2, 0.25) is 0 Å². The summed E-state index contributed by atoms with van der Waals surface area (Å²) in [5.41, 5.74) is 2.69.